The summed E-state index contributed by atoms with van der Waals surface area (Å²) in [5.74, 6) is 0.458. The highest BCUT2D eigenvalue weighted by molar-refractivity contribution is 7.80. The number of nitrogens with one attached hydrogen (secondary N) is 3. The van der Waals surface area contributed by atoms with Crippen molar-refractivity contribution in [2.45, 2.75) is 25.6 Å². The molecular weight excluding hydrogens is 412 g/mol. The van der Waals surface area contributed by atoms with Crippen molar-refractivity contribution >= 4 is 34.1 Å². The number of hydrogen-bond donors (Lipinski definition) is 3. The predicted octanol–water partition coefficient (Wildman–Crippen LogP) is 3.10. The highest BCUT2D eigenvalue weighted by Crippen LogP contribution is 2.23. The van der Waals surface area contributed by atoms with Gasteiger partial charge in [0.2, 0.25) is 0 Å². The number of fused-ring (bicyclic) bond motifs is 1. The second-order valence-electron chi connectivity index (χ2n) is 7.24. The van der Waals surface area contributed by atoms with Crippen LogP contribution in [0.4, 0.5) is 0 Å². The zero-order valence-corrected chi connectivity index (χ0v) is 17.8. The number of carbonyl (C=O) groups is 1. The maximum absolute atomic E-state index is 12.3. The van der Waals surface area contributed by atoms with Gasteiger partial charge in [-0.2, -0.15) is 0 Å². The lowest BCUT2D eigenvalue weighted by molar-refractivity contribution is 0.0943. The van der Waals surface area contributed by atoms with Gasteiger partial charge in [0.05, 0.1) is 6.10 Å². The van der Waals surface area contributed by atoms with E-state index in [1.165, 1.54) is 0 Å². The molecule has 1 amide bonds. The number of aromatic nitrogens is 1. The summed E-state index contributed by atoms with van der Waals surface area (Å²) >= 11 is 5.18. The van der Waals surface area contributed by atoms with Gasteiger partial charge in [-0.3, -0.25) is 20.6 Å². The third-order valence-corrected chi connectivity index (χ3v) is 5.26. The molecule has 0 radical (unpaired) electrons. The molecule has 7 nitrogen and oxygen atoms in total. The Morgan fingerprint density at radius 3 is 2.77 bits per heavy atom. The van der Waals surface area contributed by atoms with Gasteiger partial charge in [-0.15, -0.1) is 0 Å². The number of ether oxygens (including phenoxy) is 2. The number of nitrogens with zero attached hydrogens (tertiary/aromatic N) is 1. The molecule has 3 N–H and O–H groups in total. The van der Waals surface area contributed by atoms with Gasteiger partial charge >= 0.3 is 0 Å². The van der Waals surface area contributed by atoms with E-state index in [0.717, 1.165) is 41.7 Å². The molecule has 0 spiro atoms. The fourth-order valence-corrected chi connectivity index (χ4v) is 3.48. The first-order valence-electron chi connectivity index (χ1n) is 10.2. The maximum Gasteiger partial charge on any atom is 0.269 e. The minimum absolute atomic E-state index is 0.176. The molecule has 31 heavy (non-hydrogen) atoms. The zero-order valence-electron chi connectivity index (χ0n) is 17.0. The van der Waals surface area contributed by atoms with Gasteiger partial charge in [0.1, 0.15) is 17.9 Å². The van der Waals surface area contributed by atoms with Crippen LogP contribution in [0.3, 0.4) is 0 Å². The van der Waals surface area contributed by atoms with Crippen molar-refractivity contribution in [2.24, 2.45) is 0 Å². The van der Waals surface area contributed by atoms with Crippen molar-refractivity contribution in [3.8, 4) is 5.75 Å². The molecule has 8 heteroatoms. The number of thiocarbonyl (C=S) groups is 1. The molecule has 160 valence electrons. The molecule has 1 aliphatic heterocycles. The Morgan fingerprint density at radius 1 is 1.13 bits per heavy atom. The smallest absolute Gasteiger partial charge is 0.269 e. The fraction of sp³-hybridized carbons (Fsp3) is 0.261. The fourth-order valence-electron chi connectivity index (χ4n) is 3.35. The standard InChI is InChI=1S/C23H24N4O3S/c28-22(26-27-23(31)25-14-19-6-3-13-29-19)18-10-8-16(9-11-18)15-30-20-7-1-4-17-5-2-12-24-21(17)20/h1-2,4-5,7-12,19H,3,6,13-15H2,(H,26,28)(H2,25,27,31). The van der Waals surface area contributed by atoms with Crippen LogP contribution < -0.4 is 20.9 Å². The minimum atomic E-state index is -0.271. The van der Waals surface area contributed by atoms with Crippen molar-refractivity contribution in [3.05, 3.63) is 71.9 Å². The van der Waals surface area contributed by atoms with Gasteiger partial charge in [-0.1, -0.05) is 30.3 Å². The van der Waals surface area contributed by atoms with E-state index >= 15 is 0 Å². The average Bonchev–Trinajstić information content (AvgIpc) is 3.34. The van der Waals surface area contributed by atoms with Crippen LogP contribution in [0.1, 0.15) is 28.8 Å². The molecule has 1 aliphatic rings. The Bertz CT molecular complexity index is 1050. The molecule has 0 saturated carbocycles. The van der Waals surface area contributed by atoms with Crippen molar-refractivity contribution in [3.63, 3.8) is 0 Å². The second-order valence-corrected chi connectivity index (χ2v) is 7.65. The minimum Gasteiger partial charge on any atom is -0.487 e. The van der Waals surface area contributed by atoms with Crippen molar-refractivity contribution in [1.82, 2.24) is 21.2 Å². The lowest BCUT2D eigenvalue weighted by atomic mass is 10.1. The number of hydrazine groups is 1. The highest BCUT2D eigenvalue weighted by atomic mass is 32.1. The molecule has 1 saturated heterocycles. The van der Waals surface area contributed by atoms with Gasteiger partial charge in [0, 0.05) is 30.3 Å². The lowest BCUT2D eigenvalue weighted by Crippen LogP contribution is -2.48. The summed E-state index contributed by atoms with van der Waals surface area (Å²) in [5.41, 5.74) is 7.61. The Kier molecular flexibility index (Phi) is 6.91. The van der Waals surface area contributed by atoms with Crippen LogP contribution in [-0.4, -0.2) is 35.3 Å². The Labute approximate surface area is 186 Å². The first kappa shape index (κ1) is 21.0. The highest BCUT2D eigenvalue weighted by Gasteiger charge is 2.15. The SMILES string of the molecule is O=C(NNC(=S)NCC1CCCO1)c1ccc(COc2cccc3cccnc23)cc1. The maximum atomic E-state index is 12.3. The molecule has 0 aliphatic carbocycles. The summed E-state index contributed by atoms with van der Waals surface area (Å²) < 4.78 is 11.5. The quantitative estimate of drug-likeness (QED) is 0.404. The van der Waals surface area contributed by atoms with E-state index in [1.807, 2.05) is 42.5 Å². The van der Waals surface area contributed by atoms with Crippen LogP contribution in [0.5, 0.6) is 5.75 Å². The summed E-state index contributed by atoms with van der Waals surface area (Å²) in [7, 11) is 0. The first-order chi connectivity index (χ1) is 15.2. The van der Waals surface area contributed by atoms with Gasteiger partial charge in [-0.05, 0) is 54.9 Å². The molecule has 2 aromatic carbocycles. The van der Waals surface area contributed by atoms with Crippen LogP contribution in [0.15, 0.2) is 60.8 Å². The van der Waals surface area contributed by atoms with Crippen LogP contribution in [0.25, 0.3) is 10.9 Å². The van der Waals surface area contributed by atoms with E-state index in [-0.39, 0.29) is 12.0 Å². The topological polar surface area (TPSA) is 84.5 Å². The molecule has 1 aromatic heterocycles. The van der Waals surface area contributed by atoms with Gasteiger partial charge in [0.25, 0.3) is 5.91 Å². The van der Waals surface area contributed by atoms with Crippen molar-refractivity contribution < 1.29 is 14.3 Å². The van der Waals surface area contributed by atoms with E-state index in [4.69, 9.17) is 21.7 Å². The summed E-state index contributed by atoms with van der Waals surface area (Å²) in [5, 5.41) is 4.43. The van der Waals surface area contributed by atoms with E-state index in [9.17, 15) is 4.79 Å². The Balaban J connectivity index is 1.25. The molecule has 0 bridgehead atoms. The van der Waals surface area contributed by atoms with E-state index in [0.29, 0.717) is 23.8 Å². The second kappa shape index (κ2) is 10.2. The average molecular weight is 437 g/mol. The lowest BCUT2D eigenvalue weighted by Gasteiger charge is -2.14. The van der Waals surface area contributed by atoms with Crippen LogP contribution in [0, 0.1) is 0 Å². The Morgan fingerprint density at radius 2 is 1.97 bits per heavy atom. The van der Waals surface area contributed by atoms with Gasteiger partial charge in [0.15, 0.2) is 5.11 Å². The molecule has 3 aromatic rings. The summed E-state index contributed by atoms with van der Waals surface area (Å²) in [4.78, 5) is 16.7. The monoisotopic (exact) mass is 436 g/mol. The van der Waals surface area contributed by atoms with E-state index < -0.39 is 0 Å². The van der Waals surface area contributed by atoms with Crippen molar-refractivity contribution in [2.75, 3.05) is 13.2 Å². The van der Waals surface area contributed by atoms with Gasteiger partial charge in [-0.25, -0.2) is 0 Å². The van der Waals surface area contributed by atoms with Crippen LogP contribution in [0.2, 0.25) is 0 Å². The third kappa shape index (κ3) is 5.68. The number of para-hydroxylation sites is 1. The van der Waals surface area contributed by atoms with Gasteiger partial charge < -0.3 is 14.8 Å². The number of benzene rings is 2. The summed E-state index contributed by atoms with van der Waals surface area (Å²) in [6.45, 7) is 1.80. The number of pyridine rings is 1. The number of rotatable bonds is 6. The molecule has 1 unspecified atom stereocenters. The largest absolute Gasteiger partial charge is 0.487 e. The molecular formula is C23H24N4O3S. The summed E-state index contributed by atoms with van der Waals surface area (Å²) in [6.07, 6.45) is 4.02. The van der Waals surface area contributed by atoms with Crippen molar-refractivity contribution in [1.29, 1.82) is 0 Å². The molecule has 1 fully saturated rings. The number of hydrogen-bond acceptors (Lipinski definition) is 5. The van der Waals surface area contributed by atoms with E-state index in [2.05, 4.69) is 21.2 Å². The number of carbonyl (C=O) groups excluding carboxylic acids is 1. The summed E-state index contributed by atoms with van der Waals surface area (Å²) in [6, 6.07) is 17.0. The first-order valence-corrected chi connectivity index (χ1v) is 10.6. The zero-order chi connectivity index (χ0) is 21.5. The van der Waals surface area contributed by atoms with Crippen LogP contribution >= 0.6 is 12.2 Å². The Hall–Kier alpha value is -3.23. The third-order valence-electron chi connectivity index (χ3n) is 5.01. The molecule has 2 heterocycles. The predicted molar refractivity (Wildman–Crippen MR) is 123 cm³/mol. The van der Waals surface area contributed by atoms with E-state index in [1.54, 1.807) is 18.3 Å². The molecule has 4 rings (SSSR count). The normalized spacial score (nSPS) is 15.4. The van der Waals surface area contributed by atoms with Crippen LogP contribution in [-0.2, 0) is 11.3 Å². The number of amides is 1. The molecule has 1 atom stereocenters.